The number of aromatic nitrogens is 4. The first kappa shape index (κ1) is 15.8. The highest BCUT2D eigenvalue weighted by molar-refractivity contribution is 5.79. The van der Waals surface area contributed by atoms with Gasteiger partial charge in [0.2, 0.25) is 5.91 Å². The highest BCUT2D eigenvalue weighted by Crippen LogP contribution is 2.36. The van der Waals surface area contributed by atoms with Gasteiger partial charge in [-0.15, -0.1) is 0 Å². The SMILES string of the molecule is Cc1nn(C)c(C)c1[C@H]1CCCN1C(=O)[C@H](C)Cn1cccn1. The molecular weight excluding hydrogens is 290 g/mol. The third-order valence-corrected chi connectivity index (χ3v) is 4.88. The van der Waals surface area contributed by atoms with Gasteiger partial charge in [-0.3, -0.25) is 14.2 Å². The first-order valence-corrected chi connectivity index (χ1v) is 8.27. The van der Waals surface area contributed by atoms with Crippen LogP contribution < -0.4 is 0 Å². The van der Waals surface area contributed by atoms with Crippen molar-refractivity contribution in [2.75, 3.05) is 6.54 Å². The molecular formula is C17H25N5O. The minimum absolute atomic E-state index is 0.0761. The van der Waals surface area contributed by atoms with Crippen molar-refractivity contribution >= 4 is 5.91 Å². The Labute approximate surface area is 137 Å². The average molecular weight is 315 g/mol. The lowest BCUT2D eigenvalue weighted by Gasteiger charge is -2.28. The molecule has 0 saturated carbocycles. The Balaban J connectivity index is 1.79. The third-order valence-electron chi connectivity index (χ3n) is 4.88. The summed E-state index contributed by atoms with van der Waals surface area (Å²) >= 11 is 0. The summed E-state index contributed by atoms with van der Waals surface area (Å²) in [6.07, 6.45) is 5.73. The lowest BCUT2D eigenvalue weighted by Crippen LogP contribution is -2.36. The predicted molar refractivity (Wildman–Crippen MR) is 87.8 cm³/mol. The Morgan fingerprint density at radius 3 is 2.83 bits per heavy atom. The largest absolute Gasteiger partial charge is 0.335 e. The number of hydrogen-bond donors (Lipinski definition) is 0. The molecule has 6 heteroatoms. The number of amides is 1. The molecule has 23 heavy (non-hydrogen) atoms. The summed E-state index contributed by atoms with van der Waals surface area (Å²) in [6, 6.07) is 2.05. The summed E-state index contributed by atoms with van der Waals surface area (Å²) in [5.74, 6) is 0.137. The maximum absolute atomic E-state index is 12.9. The molecule has 0 aliphatic carbocycles. The lowest BCUT2D eigenvalue weighted by molar-refractivity contribution is -0.136. The van der Waals surface area contributed by atoms with Crippen molar-refractivity contribution in [2.45, 2.75) is 46.2 Å². The summed E-state index contributed by atoms with van der Waals surface area (Å²) in [7, 11) is 1.97. The van der Waals surface area contributed by atoms with Gasteiger partial charge in [-0.2, -0.15) is 10.2 Å². The standard InChI is InChI=1S/C17H25N5O/c1-12(11-21-9-6-8-18-21)17(23)22-10-5-7-15(22)16-13(2)19-20(4)14(16)3/h6,8-9,12,15H,5,7,10-11H2,1-4H3/t12-,15-/m1/s1. The second-order valence-electron chi connectivity index (χ2n) is 6.53. The molecule has 0 bridgehead atoms. The highest BCUT2D eigenvalue weighted by Gasteiger charge is 2.35. The molecule has 2 aromatic rings. The van der Waals surface area contributed by atoms with Crippen molar-refractivity contribution in [2.24, 2.45) is 13.0 Å². The first-order chi connectivity index (χ1) is 11.0. The molecule has 0 spiro atoms. The zero-order valence-electron chi connectivity index (χ0n) is 14.4. The molecule has 6 nitrogen and oxygen atoms in total. The molecule has 0 radical (unpaired) electrons. The maximum atomic E-state index is 12.9. The van der Waals surface area contributed by atoms with Gasteiger partial charge in [-0.05, 0) is 32.8 Å². The number of likely N-dealkylation sites (tertiary alicyclic amines) is 1. The van der Waals surface area contributed by atoms with Crippen LogP contribution in [0.2, 0.25) is 0 Å². The molecule has 1 aliphatic rings. The van der Waals surface area contributed by atoms with Crippen LogP contribution in [0.4, 0.5) is 0 Å². The topological polar surface area (TPSA) is 56.0 Å². The second-order valence-corrected chi connectivity index (χ2v) is 6.53. The zero-order valence-corrected chi connectivity index (χ0v) is 14.4. The number of carbonyl (C=O) groups is 1. The second kappa shape index (κ2) is 6.18. The van der Waals surface area contributed by atoms with Gasteiger partial charge in [-0.1, -0.05) is 6.92 Å². The van der Waals surface area contributed by atoms with Crippen LogP contribution in [-0.4, -0.2) is 36.9 Å². The lowest BCUT2D eigenvalue weighted by atomic mass is 10.0. The van der Waals surface area contributed by atoms with Gasteiger partial charge in [-0.25, -0.2) is 0 Å². The number of aryl methyl sites for hydroxylation is 2. The van der Waals surface area contributed by atoms with Crippen molar-refractivity contribution in [3.63, 3.8) is 0 Å². The van der Waals surface area contributed by atoms with Crippen molar-refractivity contribution in [1.82, 2.24) is 24.5 Å². The van der Waals surface area contributed by atoms with Crippen LogP contribution in [0, 0.1) is 19.8 Å². The van der Waals surface area contributed by atoms with E-state index in [1.807, 2.05) is 47.4 Å². The van der Waals surface area contributed by atoms with Gasteiger partial charge in [0.15, 0.2) is 0 Å². The Kier molecular flexibility index (Phi) is 4.24. The first-order valence-electron chi connectivity index (χ1n) is 8.27. The van der Waals surface area contributed by atoms with Crippen molar-refractivity contribution in [1.29, 1.82) is 0 Å². The highest BCUT2D eigenvalue weighted by atomic mass is 16.2. The van der Waals surface area contributed by atoms with Crippen LogP contribution in [0.5, 0.6) is 0 Å². The molecule has 3 rings (SSSR count). The quantitative estimate of drug-likeness (QED) is 0.869. The summed E-state index contributed by atoms with van der Waals surface area (Å²) in [6.45, 7) is 7.57. The summed E-state index contributed by atoms with van der Waals surface area (Å²) < 4.78 is 3.74. The predicted octanol–water partition coefficient (Wildman–Crippen LogP) is 2.23. The van der Waals surface area contributed by atoms with Crippen molar-refractivity contribution in [3.8, 4) is 0 Å². The van der Waals surface area contributed by atoms with Gasteiger partial charge in [0.05, 0.1) is 24.2 Å². The molecule has 124 valence electrons. The van der Waals surface area contributed by atoms with E-state index in [1.165, 1.54) is 5.56 Å². The van der Waals surface area contributed by atoms with E-state index in [2.05, 4.69) is 17.1 Å². The normalized spacial score (nSPS) is 19.3. The van der Waals surface area contributed by atoms with Crippen LogP contribution in [-0.2, 0) is 18.4 Å². The summed E-state index contributed by atoms with van der Waals surface area (Å²) in [4.78, 5) is 15.0. The van der Waals surface area contributed by atoms with Crippen LogP contribution in [0.3, 0.4) is 0 Å². The molecule has 1 fully saturated rings. The Bertz CT molecular complexity index is 688. The Hall–Kier alpha value is -2.11. The molecule has 1 aliphatic heterocycles. The summed E-state index contributed by atoms with van der Waals surface area (Å²) in [5, 5.41) is 8.73. The average Bonchev–Trinajstić information content (AvgIpc) is 3.21. The van der Waals surface area contributed by atoms with Gasteiger partial charge < -0.3 is 4.90 Å². The molecule has 3 heterocycles. The molecule has 0 unspecified atom stereocenters. The van der Waals surface area contributed by atoms with E-state index < -0.39 is 0 Å². The molecule has 2 atom stereocenters. The molecule has 1 saturated heterocycles. The van der Waals surface area contributed by atoms with Crippen LogP contribution in [0.1, 0.15) is 42.8 Å². The van der Waals surface area contributed by atoms with Gasteiger partial charge in [0.25, 0.3) is 0 Å². The van der Waals surface area contributed by atoms with Gasteiger partial charge in [0.1, 0.15) is 0 Å². The molecule has 2 aromatic heterocycles. The number of carbonyl (C=O) groups excluding carboxylic acids is 1. The van der Waals surface area contributed by atoms with Crippen molar-refractivity contribution in [3.05, 3.63) is 35.4 Å². The van der Waals surface area contributed by atoms with Gasteiger partial charge in [0, 0.05) is 37.2 Å². The Morgan fingerprint density at radius 2 is 2.22 bits per heavy atom. The Morgan fingerprint density at radius 1 is 1.43 bits per heavy atom. The van der Waals surface area contributed by atoms with E-state index in [-0.39, 0.29) is 17.9 Å². The minimum atomic E-state index is -0.0761. The molecule has 0 aromatic carbocycles. The number of nitrogens with zero attached hydrogens (tertiary/aromatic N) is 5. The van der Waals surface area contributed by atoms with Crippen LogP contribution >= 0.6 is 0 Å². The van der Waals surface area contributed by atoms with E-state index >= 15 is 0 Å². The van der Waals surface area contributed by atoms with E-state index in [0.717, 1.165) is 30.8 Å². The van der Waals surface area contributed by atoms with E-state index in [1.54, 1.807) is 6.20 Å². The van der Waals surface area contributed by atoms with E-state index in [9.17, 15) is 4.79 Å². The smallest absolute Gasteiger partial charge is 0.227 e. The monoisotopic (exact) mass is 315 g/mol. The van der Waals surface area contributed by atoms with Crippen molar-refractivity contribution < 1.29 is 4.79 Å². The van der Waals surface area contributed by atoms with Crippen LogP contribution in [0.15, 0.2) is 18.5 Å². The van der Waals surface area contributed by atoms with E-state index in [0.29, 0.717) is 6.54 Å². The van der Waals surface area contributed by atoms with Gasteiger partial charge >= 0.3 is 0 Å². The minimum Gasteiger partial charge on any atom is -0.335 e. The van der Waals surface area contributed by atoms with Crippen LogP contribution in [0.25, 0.3) is 0 Å². The number of hydrogen-bond acceptors (Lipinski definition) is 3. The fraction of sp³-hybridized carbons (Fsp3) is 0.588. The third kappa shape index (κ3) is 2.90. The van der Waals surface area contributed by atoms with E-state index in [4.69, 9.17) is 0 Å². The molecule has 1 amide bonds. The maximum Gasteiger partial charge on any atom is 0.227 e. The molecule has 0 N–H and O–H groups in total. The zero-order chi connectivity index (χ0) is 16.6. The fourth-order valence-electron chi connectivity index (χ4n) is 3.65. The fourth-order valence-corrected chi connectivity index (χ4v) is 3.65. The summed E-state index contributed by atoms with van der Waals surface area (Å²) in [5.41, 5.74) is 3.42. The number of rotatable bonds is 4.